The van der Waals surface area contributed by atoms with Gasteiger partial charge in [0.25, 0.3) is 0 Å². The Morgan fingerprint density at radius 1 is 1.06 bits per heavy atom. The smallest absolute Gasteiger partial charge is 0.131 e. The second-order valence-electron chi connectivity index (χ2n) is 6.33. The molecule has 94 valence electrons. The third-order valence-electron chi connectivity index (χ3n) is 5.22. The molecule has 0 amide bonds. The molecule has 1 heterocycles. The van der Waals surface area contributed by atoms with Crippen molar-refractivity contribution >= 4 is 11.3 Å². The van der Waals surface area contributed by atoms with Gasteiger partial charge in [-0.15, -0.1) is 21.5 Å². The second-order valence-corrected chi connectivity index (χ2v) is 7.42. The molecule has 1 aromatic heterocycles. The Kier molecular flexibility index (Phi) is 2.44. The standard InChI is InChI=1S/C14H17N3S/c15-2-1-12-16-17-14(18-12)13-10-4-8-3-9(6-10)7-11(13)5-8/h8-11,13H,1,3-7H2. The Labute approximate surface area is 111 Å². The molecule has 0 aliphatic heterocycles. The molecule has 3 nitrogen and oxygen atoms in total. The molecule has 4 aliphatic carbocycles. The van der Waals surface area contributed by atoms with Gasteiger partial charge in [-0.3, -0.25) is 0 Å². The Bertz CT molecular complexity index is 473. The Hall–Kier alpha value is -0.950. The Morgan fingerprint density at radius 3 is 2.33 bits per heavy atom. The summed E-state index contributed by atoms with van der Waals surface area (Å²) in [6.07, 6.45) is 7.60. The zero-order valence-corrected chi connectivity index (χ0v) is 11.2. The van der Waals surface area contributed by atoms with E-state index in [4.69, 9.17) is 5.26 Å². The minimum absolute atomic E-state index is 0.422. The lowest BCUT2D eigenvalue weighted by Gasteiger charge is -2.53. The zero-order chi connectivity index (χ0) is 12.1. The van der Waals surface area contributed by atoms with Crippen molar-refractivity contribution < 1.29 is 0 Å². The number of rotatable bonds is 2. The van der Waals surface area contributed by atoms with Crippen LogP contribution in [0.4, 0.5) is 0 Å². The highest BCUT2D eigenvalue weighted by atomic mass is 32.1. The fourth-order valence-corrected chi connectivity index (χ4v) is 5.93. The van der Waals surface area contributed by atoms with Crippen LogP contribution in [-0.2, 0) is 6.42 Å². The number of hydrogen-bond acceptors (Lipinski definition) is 4. The van der Waals surface area contributed by atoms with Crippen molar-refractivity contribution in [1.29, 1.82) is 5.26 Å². The quantitative estimate of drug-likeness (QED) is 0.819. The molecule has 4 fully saturated rings. The van der Waals surface area contributed by atoms with Crippen LogP contribution < -0.4 is 0 Å². The van der Waals surface area contributed by atoms with Gasteiger partial charge in [0.1, 0.15) is 10.0 Å². The van der Waals surface area contributed by atoms with Crippen LogP contribution in [0.15, 0.2) is 0 Å². The molecular formula is C14H17N3S. The van der Waals surface area contributed by atoms with Crippen LogP contribution in [0.5, 0.6) is 0 Å². The molecule has 0 aromatic carbocycles. The van der Waals surface area contributed by atoms with Gasteiger partial charge < -0.3 is 0 Å². The Balaban J connectivity index is 1.62. The molecule has 0 atom stereocenters. The first kappa shape index (κ1) is 10.9. The molecule has 4 bridgehead atoms. The summed E-state index contributed by atoms with van der Waals surface area (Å²) in [5.41, 5.74) is 0. The number of aromatic nitrogens is 2. The zero-order valence-electron chi connectivity index (χ0n) is 10.4. The predicted molar refractivity (Wildman–Crippen MR) is 69.0 cm³/mol. The van der Waals surface area contributed by atoms with Gasteiger partial charge >= 0.3 is 0 Å². The monoisotopic (exact) mass is 259 g/mol. The largest absolute Gasteiger partial charge is 0.198 e. The van der Waals surface area contributed by atoms with E-state index in [1.165, 1.54) is 37.1 Å². The average Bonchev–Trinajstić information content (AvgIpc) is 2.76. The van der Waals surface area contributed by atoms with Crippen molar-refractivity contribution in [2.45, 2.75) is 44.4 Å². The van der Waals surface area contributed by atoms with Gasteiger partial charge in [-0.2, -0.15) is 5.26 Å². The summed E-state index contributed by atoms with van der Waals surface area (Å²) in [5.74, 6) is 4.42. The third-order valence-corrected chi connectivity index (χ3v) is 6.25. The lowest BCUT2D eigenvalue weighted by molar-refractivity contribution is -0.00303. The topological polar surface area (TPSA) is 49.6 Å². The molecule has 0 spiro atoms. The molecule has 0 radical (unpaired) electrons. The van der Waals surface area contributed by atoms with Crippen molar-refractivity contribution in [2.24, 2.45) is 23.7 Å². The van der Waals surface area contributed by atoms with Crippen LogP contribution in [-0.4, -0.2) is 10.2 Å². The van der Waals surface area contributed by atoms with Crippen LogP contribution in [0.3, 0.4) is 0 Å². The first-order valence-electron chi connectivity index (χ1n) is 7.02. The maximum atomic E-state index is 8.73. The van der Waals surface area contributed by atoms with E-state index in [1.54, 1.807) is 11.3 Å². The average molecular weight is 259 g/mol. The van der Waals surface area contributed by atoms with Crippen molar-refractivity contribution in [1.82, 2.24) is 10.2 Å². The highest BCUT2D eigenvalue weighted by molar-refractivity contribution is 7.11. The molecule has 18 heavy (non-hydrogen) atoms. The van der Waals surface area contributed by atoms with E-state index < -0.39 is 0 Å². The van der Waals surface area contributed by atoms with Gasteiger partial charge in [0.15, 0.2) is 0 Å². The van der Waals surface area contributed by atoms with Crippen molar-refractivity contribution in [3.05, 3.63) is 10.0 Å². The van der Waals surface area contributed by atoms with Crippen molar-refractivity contribution in [3.63, 3.8) is 0 Å². The third kappa shape index (κ3) is 1.60. The molecular weight excluding hydrogens is 242 g/mol. The van der Waals surface area contributed by atoms with Gasteiger partial charge in [-0.1, -0.05) is 0 Å². The van der Waals surface area contributed by atoms with Gasteiger partial charge in [-0.05, 0) is 55.8 Å². The molecule has 0 unspecified atom stereocenters. The lowest BCUT2D eigenvalue weighted by atomic mass is 9.52. The maximum absolute atomic E-state index is 8.73. The fourth-order valence-electron chi connectivity index (χ4n) is 4.87. The summed E-state index contributed by atoms with van der Waals surface area (Å²) in [4.78, 5) is 0. The summed E-state index contributed by atoms with van der Waals surface area (Å²) in [7, 11) is 0. The lowest BCUT2D eigenvalue weighted by Crippen LogP contribution is -2.43. The van der Waals surface area contributed by atoms with Gasteiger partial charge in [-0.25, -0.2) is 0 Å². The fraction of sp³-hybridized carbons (Fsp3) is 0.786. The first-order chi connectivity index (χ1) is 8.83. The molecule has 4 saturated carbocycles. The van der Waals surface area contributed by atoms with Crippen LogP contribution in [0.25, 0.3) is 0 Å². The van der Waals surface area contributed by atoms with Crippen LogP contribution in [0, 0.1) is 35.0 Å². The first-order valence-corrected chi connectivity index (χ1v) is 7.84. The minimum atomic E-state index is 0.422. The number of nitrogens with zero attached hydrogens (tertiary/aromatic N) is 3. The molecule has 0 saturated heterocycles. The minimum Gasteiger partial charge on any atom is -0.198 e. The van der Waals surface area contributed by atoms with Crippen molar-refractivity contribution in [2.75, 3.05) is 0 Å². The van der Waals surface area contributed by atoms with Crippen LogP contribution in [0.2, 0.25) is 0 Å². The number of hydrogen-bond donors (Lipinski definition) is 0. The summed E-state index contributed by atoms with van der Waals surface area (Å²) in [6, 6.07) is 2.17. The molecule has 5 rings (SSSR count). The van der Waals surface area contributed by atoms with Crippen LogP contribution >= 0.6 is 11.3 Å². The highest BCUT2D eigenvalue weighted by Gasteiger charge is 2.49. The molecule has 0 N–H and O–H groups in total. The van der Waals surface area contributed by atoms with Crippen molar-refractivity contribution in [3.8, 4) is 6.07 Å². The molecule has 4 aliphatic rings. The summed E-state index contributed by atoms with van der Waals surface area (Å²) in [5, 5.41) is 19.4. The van der Waals surface area contributed by atoms with E-state index in [2.05, 4.69) is 16.3 Å². The predicted octanol–water partition coefficient (Wildman–Crippen LogP) is 3.14. The molecule has 4 heteroatoms. The SMILES string of the molecule is N#CCc1nnc(C2C3CC4CC(C3)CC2C4)s1. The van der Waals surface area contributed by atoms with E-state index >= 15 is 0 Å². The summed E-state index contributed by atoms with van der Waals surface area (Å²) in [6.45, 7) is 0. The second kappa shape index (κ2) is 4.03. The van der Waals surface area contributed by atoms with E-state index in [0.29, 0.717) is 12.3 Å². The molecule has 1 aromatic rings. The summed E-state index contributed by atoms with van der Waals surface area (Å²) >= 11 is 1.69. The normalized spacial score (nSPS) is 40.9. The maximum Gasteiger partial charge on any atom is 0.131 e. The van der Waals surface area contributed by atoms with Gasteiger partial charge in [0.05, 0.1) is 12.5 Å². The van der Waals surface area contributed by atoms with E-state index in [-0.39, 0.29) is 0 Å². The summed E-state index contributed by atoms with van der Waals surface area (Å²) < 4.78 is 0. The van der Waals surface area contributed by atoms with Gasteiger partial charge in [0.2, 0.25) is 0 Å². The highest BCUT2D eigenvalue weighted by Crippen LogP contribution is 2.59. The number of nitriles is 1. The Morgan fingerprint density at radius 2 is 1.72 bits per heavy atom. The van der Waals surface area contributed by atoms with Gasteiger partial charge in [0, 0.05) is 5.92 Å². The van der Waals surface area contributed by atoms with E-state index in [9.17, 15) is 0 Å². The van der Waals surface area contributed by atoms with Crippen LogP contribution in [0.1, 0.15) is 48.0 Å². The van der Waals surface area contributed by atoms with E-state index in [1.807, 2.05) is 0 Å². The van der Waals surface area contributed by atoms with E-state index in [0.717, 1.165) is 28.7 Å².